The number of nitrogens with zero attached hydrogens (tertiary/aromatic N) is 1. The van der Waals surface area contributed by atoms with Gasteiger partial charge in [0.05, 0.1) is 6.61 Å². The fraction of sp³-hybridized carbons (Fsp3) is 0.357. The summed E-state index contributed by atoms with van der Waals surface area (Å²) in [5, 5.41) is 0. The van der Waals surface area contributed by atoms with Crippen LogP contribution in [0.3, 0.4) is 0 Å². The van der Waals surface area contributed by atoms with Crippen molar-refractivity contribution in [1.82, 2.24) is 4.90 Å². The van der Waals surface area contributed by atoms with Crippen molar-refractivity contribution >= 4 is 12.0 Å². The molecule has 1 aliphatic heterocycles. The zero-order valence-corrected chi connectivity index (χ0v) is 10.1. The van der Waals surface area contributed by atoms with Gasteiger partial charge in [0.25, 0.3) is 0 Å². The van der Waals surface area contributed by atoms with Gasteiger partial charge in [-0.1, -0.05) is 12.1 Å². The molecule has 1 amide bonds. The van der Waals surface area contributed by atoms with Crippen molar-refractivity contribution in [3.8, 4) is 5.75 Å². The predicted molar refractivity (Wildman–Crippen MR) is 67.8 cm³/mol. The fourth-order valence-corrected chi connectivity index (χ4v) is 1.65. The van der Waals surface area contributed by atoms with Crippen LogP contribution < -0.4 is 4.74 Å². The average molecular weight is 231 g/mol. The molecule has 1 aromatic rings. The summed E-state index contributed by atoms with van der Waals surface area (Å²) >= 11 is 0. The Balaban J connectivity index is 1.93. The molecule has 0 atom stereocenters. The molecule has 0 saturated carbocycles. The van der Waals surface area contributed by atoms with E-state index in [4.69, 9.17) is 4.74 Å². The third-order valence-corrected chi connectivity index (χ3v) is 2.78. The zero-order chi connectivity index (χ0) is 12.1. The third kappa shape index (κ3) is 3.09. The molecule has 0 unspecified atom stereocenters. The SMILES string of the molecule is CCOc1ccc(/C=C\C(=O)N2CCC2)cc1. The highest BCUT2D eigenvalue weighted by Crippen LogP contribution is 2.13. The van der Waals surface area contributed by atoms with E-state index in [1.165, 1.54) is 0 Å². The molecule has 1 aliphatic rings. The molecule has 17 heavy (non-hydrogen) atoms. The highest BCUT2D eigenvalue weighted by Gasteiger charge is 2.17. The molecule has 0 N–H and O–H groups in total. The van der Waals surface area contributed by atoms with Gasteiger partial charge in [-0.3, -0.25) is 4.79 Å². The highest BCUT2D eigenvalue weighted by atomic mass is 16.5. The molecule has 3 nitrogen and oxygen atoms in total. The fourth-order valence-electron chi connectivity index (χ4n) is 1.65. The zero-order valence-electron chi connectivity index (χ0n) is 10.1. The van der Waals surface area contributed by atoms with E-state index in [1.807, 2.05) is 42.2 Å². The van der Waals surface area contributed by atoms with Crippen molar-refractivity contribution in [2.24, 2.45) is 0 Å². The Kier molecular flexibility index (Phi) is 3.81. The Morgan fingerprint density at radius 3 is 2.59 bits per heavy atom. The number of carbonyl (C=O) groups excluding carboxylic acids is 1. The smallest absolute Gasteiger partial charge is 0.246 e. The van der Waals surface area contributed by atoms with Crippen molar-refractivity contribution in [2.75, 3.05) is 19.7 Å². The van der Waals surface area contributed by atoms with Crippen molar-refractivity contribution in [3.05, 3.63) is 35.9 Å². The molecule has 1 fully saturated rings. The number of rotatable bonds is 4. The van der Waals surface area contributed by atoms with E-state index in [0.717, 1.165) is 30.8 Å². The van der Waals surface area contributed by atoms with Gasteiger partial charge in [0.1, 0.15) is 5.75 Å². The molecular formula is C14H17NO2. The molecule has 0 aromatic heterocycles. The monoisotopic (exact) mass is 231 g/mol. The lowest BCUT2D eigenvalue weighted by atomic mass is 10.2. The topological polar surface area (TPSA) is 29.5 Å². The number of carbonyl (C=O) groups is 1. The quantitative estimate of drug-likeness (QED) is 0.744. The lowest BCUT2D eigenvalue weighted by Gasteiger charge is -2.29. The van der Waals surface area contributed by atoms with E-state index >= 15 is 0 Å². The van der Waals surface area contributed by atoms with Crippen LogP contribution in [0.15, 0.2) is 30.3 Å². The van der Waals surface area contributed by atoms with Crippen molar-refractivity contribution in [1.29, 1.82) is 0 Å². The summed E-state index contributed by atoms with van der Waals surface area (Å²) in [6.07, 6.45) is 4.61. The first-order valence-corrected chi connectivity index (χ1v) is 5.99. The summed E-state index contributed by atoms with van der Waals surface area (Å²) in [4.78, 5) is 13.4. The standard InChI is InChI=1S/C14H17NO2/c1-2-17-13-7-4-12(5-8-13)6-9-14(16)15-10-3-11-15/h4-9H,2-3,10-11H2,1H3/b9-6-. The minimum atomic E-state index is 0.102. The second kappa shape index (κ2) is 5.53. The predicted octanol–water partition coefficient (Wildman–Crippen LogP) is 2.33. The van der Waals surface area contributed by atoms with Gasteiger partial charge in [0.15, 0.2) is 0 Å². The molecule has 1 saturated heterocycles. The van der Waals surface area contributed by atoms with Crippen molar-refractivity contribution in [3.63, 3.8) is 0 Å². The van der Waals surface area contributed by atoms with E-state index in [2.05, 4.69) is 0 Å². The van der Waals surface area contributed by atoms with Gasteiger partial charge in [0.2, 0.25) is 5.91 Å². The van der Waals surface area contributed by atoms with Crippen LogP contribution in [0.2, 0.25) is 0 Å². The molecule has 1 aromatic carbocycles. The molecule has 0 bridgehead atoms. The largest absolute Gasteiger partial charge is 0.494 e. The second-order valence-corrected chi connectivity index (χ2v) is 4.01. The minimum Gasteiger partial charge on any atom is -0.494 e. The van der Waals surface area contributed by atoms with Crippen molar-refractivity contribution in [2.45, 2.75) is 13.3 Å². The summed E-state index contributed by atoms with van der Waals surface area (Å²) in [5.41, 5.74) is 1.02. The lowest BCUT2D eigenvalue weighted by Crippen LogP contribution is -2.40. The molecule has 0 radical (unpaired) electrons. The van der Waals surface area contributed by atoms with Gasteiger partial charge in [-0.2, -0.15) is 0 Å². The van der Waals surface area contributed by atoms with Crippen molar-refractivity contribution < 1.29 is 9.53 Å². The normalized spacial score (nSPS) is 14.8. The highest BCUT2D eigenvalue weighted by molar-refractivity contribution is 5.92. The van der Waals surface area contributed by atoms with Crippen LogP contribution in [-0.4, -0.2) is 30.5 Å². The van der Waals surface area contributed by atoms with E-state index < -0.39 is 0 Å². The molecule has 0 aliphatic carbocycles. The molecule has 3 heteroatoms. The molecule has 1 heterocycles. The van der Waals surface area contributed by atoms with Gasteiger partial charge in [-0.05, 0) is 37.1 Å². The van der Waals surface area contributed by atoms with E-state index in [-0.39, 0.29) is 5.91 Å². The Hall–Kier alpha value is -1.77. The Bertz CT molecular complexity index is 405. The lowest BCUT2D eigenvalue weighted by molar-refractivity contribution is -0.129. The van der Waals surface area contributed by atoms with Crippen LogP contribution in [0.4, 0.5) is 0 Å². The Labute approximate surface area is 102 Å². The number of likely N-dealkylation sites (tertiary alicyclic amines) is 1. The van der Waals surface area contributed by atoms with Gasteiger partial charge >= 0.3 is 0 Å². The Morgan fingerprint density at radius 1 is 1.35 bits per heavy atom. The summed E-state index contributed by atoms with van der Waals surface area (Å²) in [6.45, 7) is 4.42. The number of ether oxygens (including phenoxy) is 1. The summed E-state index contributed by atoms with van der Waals surface area (Å²) in [5.74, 6) is 0.962. The van der Waals surface area contributed by atoms with Crippen LogP contribution in [0, 0.1) is 0 Å². The van der Waals surface area contributed by atoms with Gasteiger partial charge < -0.3 is 9.64 Å². The van der Waals surface area contributed by atoms with Crippen LogP contribution in [0.25, 0.3) is 6.08 Å². The first kappa shape index (κ1) is 11.7. The molecule has 2 rings (SSSR count). The van der Waals surface area contributed by atoms with E-state index in [9.17, 15) is 4.79 Å². The third-order valence-electron chi connectivity index (χ3n) is 2.78. The summed E-state index contributed by atoms with van der Waals surface area (Å²) in [7, 11) is 0. The summed E-state index contributed by atoms with van der Waals surface area (Å²) < 4.78 is 5.35. The van der Waals surface area contributed by atoms with Gasteiger partial charge in [0, 0.05) is 19.2 Å². The maximum Gasteiger partial charge on any atom is 0.246 e. The number of benzene rings is 1. The van der Waals surface area contributed by atoms with Crippen LogP contribution in [-0.2, 0) is 4.79 Å². The summed E-state index contributed by atoms with van der Waals surface area (Å²) in [6, 6.07) is 7.73. The van der Waals surface area contributed by atoms with Crippen LogP contribution in [0.5, 0.6) is 5.75 Å². The first-order chi connectivity index (χ1) is 8.29. The average Bonchev–Trinajstić information content (AvgIpc) is 2.26. The van der Waals surface area contributed by atoms with Gasteiger partial charge in [-0.25, -0.2) is 0 Å². The second-order valence-electron chi connectivity index (χ2n) is 4.01. The number of hydrogen-bond acceptors (Lipinski definition) is 2. The van der Waals surface area contributed by atoms with E-state index in [0.29, 0.717) is 6.61 Å². The van der Waals surface area contributed by atoms with Crippen LogP contribution in [0.1, 0.15) is 18.9 Å². The first-order valence-electron chi connectivity index (χ1n) is 5.99. The molecular weight excluding hydrogens is 214 g/mol. The maximum absolute atomic E-state index is 11.6. The Morgan fingerprint density at radius 2 is 2.06 bits per heavy atom. The maximum atomic E-state index is 11.6. The van der Waals surface area contributed by atoms with E-state index in [1.54, 1.807) is 6.08 Å². The number of hydrogen-bond donors (Lipinski definition) is 0. The number of amides is 1. The van der Waals surface area contributed by atoms with Gasteiger partial charge in [-0.15, -0.1) is 0 Å². The molecule has 90 valence electrons. The van der Waals surface area contributed by atoms with Crippen LogP contribution >= 0.6 is 0 Å². The minimum absolute atomic E-state index is 0.102. The molecule has 0 spiro atoms.